The van der Waals surface area contributed by atoms with Gasteiger partial charge >= 0.3 is 0 Å². The number of hydrogen-bond donors (Lipinski definition) is 2. The molecule has 4 rings (SSSR count). The van der Waals surface area contributed by atoms with Crippen LogP contribution in [0.4, 0.5) is 5.82 Å². The van der Waals surface area contributed by atoms with E-state index in [2.05, 4.69) is 35.8 Å². The summed E-state index contributed by atoms with van der Waals surface area (Å²) in [5.74, 6) is 0.238. The Kier molecular flexibility index (Phi) is 6.73. The van der Waals surface area contributed by atoms with Crippen molar-refractivity contribution in [3.63, 3.8) is 0 Å². The number of rotatable bonds is 8. The molecular weight excluding hydrogens is 436 g/mol. The molecule has 2 aromatic heterocycles. The van der Waals surface area contributed by atoms with E-state index in [4.69, 9.17) is 10.5 Å². The molecule has 2 heterocycles. The predicted octanol–water partition coefficient (Wildman–Crippen LogP) is 3.12. The van der Waals surface area contributed by atoms with Gasteiger partial charge in [0, 0.05) is 5.56 Å². The average Bonchev–Trinajstić information content (AvgIpc) is 3.46. The fourth-order valence-corrected chi connectivity index (χ4v) is 3.15. The van der Waals surface area contributed by atoms with Crippen LogP contribution in [0.5, 0.6) is 5.75 Å². The zero-order valence-corrected chi connectivity index (χ0v) is 18.5. The molecule has 1 amide bonds. The summed E-state index contributed by atoms with van der Waals surface area (Å²) in [6.07, 6.45) is 3.49. The summed E-state index contributed by atoms with van der Waals surface area (Å²) in [5, 5.41) is 19.5. The Hall–Kier alpha value is -4.80. The molecule has 172 valence electrons. The van der Waals surface area contributed by atoms with Gasteiger partial charge in [0.05, 0.1) is 12.8 Å². The molecule has 0 aliphatic rings. The van der Waals surface area contributed by atoms with E-state index >= 15 is 0 Å². The zero-order chi connectivity index (χ0) is 23.9. The molecule has 4 aromatic rings. The fourth-order valence-electron chi connectivity index (χ4n) is 3.15. The van der Waals surface area contributed by atoms with E-state index in [9.17, 15) is 4.79 Å². The Labute approximate surface area is 194 Å². The van der Waals surface area contributed by atoms with E-state index in [0.29, 0.717) is 23.6 Å². The highest BCUT2D eigenvalue weighted by Crippen LogP contribution is 2.28. The van der Waals surface area contributed by atoms with Gasteiger partial charge in [-0.05, 0) is 59.6 Å². The Morgan fingerprint density at radius 1 is 1.18 bits per heavy atom. The number of nitrogens with one attached hydrogen (secondary N) is 1. The lowest BCUT2D eigenvalue weighted by atomic mass is 10.1. The molecule has 2 aromatic carbocycles. The first-order valence-electron chi connectivity index (χ1n) is 10.4. The smallest absolute Gasteiger partial charge is 0.294 e. The van der Waals surface area contributed by atoms with Crippen molar-refractivity contribution in [3.8, 4) is 22.8 Å². The standard InChI is InChI=1S/C23H22N8O3/c1-3-33-18-11-9-17(10-12-18)20-19(26-30-31(20)22-21(24)28-34-29-22)23(32)27-25-14-15(2)13-16-7-5-4-6-8-16/h4-14H,3H2,1-2H3,(H2,24,28)(H,27,32). The number of aromatic nitrogens is 5. The lowest BCUT2D eigenvalue weighted by Gasteiger charge is -2.07. The largest absolute Gasteiger partial charge is 0.494 e. The molecule has 11 heteroatoms. The van der Waals surface area contributed by atoms with Gasteiger partial charge in [0.15, 0.2) is 5.69 Å². The first kappa shape index (κ1) is 22.4. The number of hydrazone groups is 1. The molecule has 0 spiro atoms. The number of amides is 1. The van der Waals surface area contributed by atoms with Crippen LogP contribution in [-0.4, -0.2) is 44.0 Å². The summed E-state index contributed by atoms with van der Waals surface area (Å²) in [7, 11) is 0. The molecule has 0 fully saturated rings. The number of benzene rings is 2. The van der Waals surface area contributed by atoms with Gasteiger partial charge in [0.25, 0.3) is 5.91 Å². The summed E-state index contributed by atoms with van der Waals surface area (Å²) >= 11 is 0. The van der Waals surface area contributed by atoms with Gasteiger partial charge in [-0.1, -0.05) is 41.6 Å². The molecule has 0 atom stereocenters. The fraction of sp³-hybridized carbons (Fsp3) is 0.130. The van der Waals surface area contributed by atoms with Gasteiger partial charge in [-0.15, -0.1) is 5.10 Å². The molecular formula is C23H22N8O3. The van der Waals surface area contributed by atoms with E-state index < -0.39 is 5.91 Å². The second-order valence-electron chi connectivity index (χ2n) is 7.13. The second kappa shape index (κ2) is 10.2. The van der Waals surface area contributed by atoms with Crippen molar-refractivity contribution in [2.24, 2.45) is 5.10 Å². The van der Waals surface area contributed by atoms with E-state index in [1.54, 1.807) is 30.5 Å². The zero-order valence-electron chi connectivity index (χ0n) is 18.5. The SMILES string of the molecule is CCOc1ccc(-c2c(C(=O)NN=CC(C)=Cc3ccccc3)nnn2-c2nonc2N)cc1. The average molecular weight is 458 g/mol. The number of allylic oxidation sites excluding steroid dienone is 1. The number of carbonyl (C=O) groups is 1. The molecule has 0 unspecified atom stereocenters. The summed E-state index contributed by atoms with van der Waals surface area (Å²) in [6.45, 7) is 4.31. The van der Waals surface area contributed by atoms with Gasteiger partial charge in [0.1, 0.15) is 11.4 Å². The minimum Gasteiger partial charge on any atom is -0.494 e. The van der Waals surface area contributed by atoms with Crippen LogP contribution in [0.3, 0.4) is 0 Å². The highest BCUT2D eigenvalue weighted by molar-refractivity contribution is 5.99. The maximum atomic E-state index is 12.9. The number of anilines is 1. The quantitative estimate of drug-likeness (QED) is 0.302. The minimum absolute atomic E-state index is 0.00346. The van der Waals surface area contributed by atoms with Crippen molar-refractivity contribution >= 4 is 24.0 Å². The van der Waals surface area contributed by atoms with Crippen LogP contribution in [0.25, 0.3) is 23.2 Å². The first-order valence-corrected chi connectivity index (χ1v) is 10.4. The second-order valence-corrected chi connectivity index (χ2v) is 7.13. The van der Waals surface area contributed by atoms with Crippen molar-refractivity contribution in [2.45, 2.75) is 13.8 Å². The number of nitrogen functional groups attached to an aromatic ring is 1. The Morgan fingerprint density at radius 3 is 2.62 bits per heavy atom. The molecule has 34 heavy (non-hydrogen) atoms. The molecule has 11 nitrogen and oxygen atoms in total. The van der Waals surface area contributed by atoms with E-state index in [0.717, 1.165) is 11.1 Å². The van der Waals surface area contributed by atoms with Gasteiger partial charge in [-0.3, -0.25) is 4.79 Å². The van der Waals surface area contributed by atoms with Crippen LogP contribution < -0.4 is 15.9 Å². The Bertz CT molecular complexity index is 1320. The first-order chi connectivity index (χ1) is 16.6. The van der Waals surface area contributed by atoms with Crippen LogP contribution in [0.15, 0.2) is 69.9 Å². The Morgan fingerprint density at radius 2 is 1.94 bits per heavy atom. The highest BCUT2D eigenvalue weighted by Gasteiger charge is 2.25. The van der Waals surface area contributed by atoms with Gasteiger partial charge < -0.3 is 10.5 Å². The van der Waals surface area contributed by atoms with Gasteiger partial charge in [-0.2, -0.15) is 9.78 Å². The maximum absolute atomic E-state index is 12.9. The number of nitrogens with two attached hydrogens (primary N) is 1. The number of ether oxygens (including phenoxy) is 1. The van der Waals surface area contributed by atoms with Crippen molar-refractivity contribution in [1.82, 2.24) is 30.7 Å². The van der Waals surface area contributed by atoms with Crippen molar-refractivity contribution in [2.75, 3.05) is 12.3 Å². The lowest BCUT2D eigenvalue weighted by molar-refractivity contribution is 0.0950. The van der Waals surface area contributed by atoms with E-state index in [1.165, 1.54) is 4.68 Å². The molecule has 0 radical (unpaired) electrons. The third-order valence-corrected chi connectivity index (χ3v) is 4.65. The topological polar surface area (TPSA) is 146 Å². The van der Waals surface area contributed by atoms with E-state index in [1.807, 2.05) is 50.3 Å². The number of carbonyl (C=O) groups excluding carboxylic acids is 1. The molecule has 3 N–H and O–H groups in total. The molecule has 0 saturated heterocycles. The van der Waals surface area contributed by atoms with Crippen molar-refractivity contribution < 1.29 is 14.2 Å². The number of hydrogen-bond acceptors (Lipinski definition) is 9. The molecule has 0 saturated carbocycles. The summed E-state index contributed by atoms with van der Waals surface area (Å²) < 4.78 is 11.5. The third-order valence-electron chi connectivity index (χ3n) is 4.65. The predicted molar refractivity (Wildman–Crippen MR) is 126 cm³/mol. The lowest BCUT2D eigenvalue weighted by Crippen LogP contribution is -2.19. The summed E-state index contributed by atoms with van der Waals surface area (Å²) in [4.78, 5) is 12.9. The minimum atomic E-state index is -0.561. The van der Waals surface area contributed by atoms with Crippen LogP contribution in [0.2, 0.25) is 0 Å². The van der Waals surface area contributed by atoms with Crippen molar-refractivity contribution in [3.05, 3.63) is 71.4 Å². The molecule has 0 aliphatic carbocycles. The van der Waals surface area contributed by atoms with Crippen LogP contribution in [0, 0.1) is 0 Å². The molecule has 0 bridgehead atoms. The number of nitrogens with zero attached hydrogens (tertiary/aromatic N) is 6. The van der Waals surface area contributed by atoms with Crippen LogP contribution in [-0.2, 0) is 0 Å². The van der Waals surface area contributed by atoms with Gasteiger partial charge in [-0.25, -0.2) is 10.1 Å². The Balaban J connectivity index is 1.62. The summed E-state index contributed by atoms with van der Waals surface area (Å²) in [5.41, 5.74) is 11.2. The normalized spacial score (nSPS) is 11.6. The maximum Gasteiger partial charge on any atom is 0.294 e. The van der Waals surface area contributed by atoms with Crippen LogP contribution in [0.1, 0.15) is 29.9 Å². The van der Waals surface area contributed by atoms with Crippen LogP contribution >= 0.6 is 0 Å². The van der Waals surface area contributed by atoms with Crippen molar-refractivity contribution in [1.29, 1.82) is 0 Å². The monoisotopic (exact) mass is 458 g/mol. The van der Waals surface area contributed by atoms with E-state index in [-0.39, 0.29) is 17.3 Å². The highest BCUT2D eigenvalue weighted by atomic mass is 16.6. The molecule has 0 aliphatic heterocycles. The summed E-state index contributed by atoms with van der Waals surface area (Å²) in [6, 6.07) is 16.9. The van der Waals surface area contributed by atoms with Gasteiger partial charge in [0.2, 0.25) is 11.6 Å². The third kappa shape index (κ3) is 4.99.